The summed E-state index contributed by atoms with van der Waals surface area (Å²) in [4.78, 5) is 12.7. The van der Waals surface area contributed by atoms with Crippen LogP contribution < -0.4 is 9.47 Å². The number of carbonyl (C=O) groups excluding carboxylic acids is 1. The van der Waals surface area contributed by atoms with E-state index in [0.29, 0.717) is 30.4 Å². The van der Waals surface area contributed by atoms with Crippen LogP contribution in [0, 0.1) is 0 Å². The van der Waals surface area contributed by atoms with Crippen LogP contribution in [-0.2, 0) is 12.8 Å². The highest BCUT2D eigenvalue weighted by Crippen LogP contribution is 2.49. The monoisotopic (exact) mass is 396 g/mol. The zero-order chi connectivity index (χ0) is 19.0. The van der Waals surface area contributed by atoms with Gasteiger partial charge in [-0.2, -0.15) is 0 Å². The number of halogens is 2. The number of hydrogen-bond donors (Lipinski definition) is 2. The molecule has 0 saturated heterocycles. The summed E-state index contributed by atoms with van der Waals surface area (Å²) in [6.45, 7) is 3.88. The first-order valence-electron chi connectivity index (χ1n) is 8.37. The summed E-state index contributed by atoms with van der Waals surface area (Å²) in [5.41, 5.74) is 1.18. The molecule has 2 aromatic rings. The molecular formula is C19H18Cl2O5. The van der Waals surface area contributed by atoms with Crippen LogP contribution in [0.2, 0.25) is 10.0 Å². The van der Waals surface area contributed by atoms with Gasteiger partial charge in [0.25, 0.3) is 0 Å². The smallest absolute Gasteiger partial charge is 0.347 e. The summed E-state index contributed by atoms with van der Waals surface area (Å²) in [5, 5.41) is 20.5. The molecule has 0 aliphatic carbocycles. The third kappa shape index (κ3) is 3.06. The molecule has 0 unspecified atom stereocenters. The van der Waals surface area contributed by atoms with E-state index in [4.69, 9.17) is 32.7 Å². The third-order valence-corrected chi connectivity index (χ3v) is 5.02. The lowest BCUT2D eigenvalue weighted by Gasteiger charge is -2.15. The number of aromatic hydroxyl groups is 2. The highest BCUT2D eigenvalue weighted by molar-refractivity contribution is 6.34. The summed E-state index contributed by atoms with van der Waals surface area (Å²) in [7, 11) is 0. The van der Waals surface area contributed by atoms with Crippen molar-refractivity contribution in [2.24, 2.45) is 0 Å². The van der Waals surface area contributed by atoms with Crippen LogP contribution in [0.4, 0.5) is 0 Å². The second-order valence-electron chi connectivity index (χ2n) is 6.07. The van der Waals surface area contributed by atoms with Crippen LogP contribution in [0.1, 0.15) is 48.2 Å². The molecule has 0 saturated carbocycles. The Balaban J connectivity index is 2.26. The Labute approximate surface area is 161 Å². The molecule has 0 spiro atoms. The van der Waals surface area contributed by atoms with Gasteiger partial charge in [0.2, 0.25) is 0 Å². The number of ether oxygens (including phenoxy) is 2. The van der Waals surface area contributed by atoms with Crippen molar-refractivity contribution in [2.75, 3.05) is 0 Å². The number of benzene rings is 2. The topological polar surface area (TPSA) is 76.0 Å². The summed E-state index contributed by atoms with van der Waals surface area (Å²) in [6.07, 6.45) is 2.44. The van der Waals surface area contributed by atoms with Gasteiger partial charge in [-0.25, -0.2) is 4.79 Å². The molecule has 1 aliphatic rings. The number of carbonyl (C=O) groups is 1. The van der Waals surface area contributed by atoms with E-state index < -0.39 is 5.97 Å². The van der Waals surface area contributed by atoms with E-state index >= 15 is 0 Å². The first kappa shape index (κ1) is 18.7. The standard InChI is InChI=1S/C19H18Cl2O5/c1-3-5-9-15-13(7-11(22)16(9)20)25-18-10(6-4-2)17(21)12(23)8-14(18)26-19(15)24/h7-8,22-23H,3-6H2,1-2H3. The highest BCUT2D eigenvalue weighted by Gasteiger charge is 2.31. The molecule has 2 aromatic carbocycles. The molecule has 0 atom stereocenters. The highest BCUT2D eigenvalue weighted by atomic mass is 35.5. The second-order valence-corrected chi connectivity index (χ2v) is 6.82. The van der Waals surface area contributed by atoms with E-state index in [1.807, 2.05) is 13.8 Å². The SMILES string of the molecule is CCCc1c(Cl)c(O)cc2c1Oc1cc(O)c(Cl)c(CCC)c1C(=O)O2. The van der Waals surface area contributed by atoms with Crippen LogP contribution in [0.3, 0.4) is 0 Å². The van der Waals surface area contributed by atoms with Crippen molar-refractivity contribution in [1.29, 1.82) is 0 Å². The Morgan fingerprint density at radius 1 is 0.885 bits per heavy atom. The molecule has 0 amide bonds. The number of esters is 1. The summed E-state index contributed by atoms with van der Waals surface area (Å²) in [5.74, 6) is -0.537. The van der Waals surface area contributed by atoms with Gasteiger partial charge in [-0.1, -0.05) is 49.9 Å². The van der Waals surface area contributed by atoms with Crippen molar-refractivity contribution in [3.63, 3.8) is 0 Å². The zero-order valence-electron chi connectivity index (χ0n) is 14.4. The number of rotatable bonds is 4. The maximum atomic E-state index is 12.7. The van der Waals surface area contributed by atoms with Crippen molar-refractivity contribution in [3.05, 3.63) is 38.9 Å². The fourth-order valence-corrected chi connectivity index (χ4v) is 3.52. The molecule has 7 heteroatoms. The van der Waals surface area contributed by atoms with Crippen molar-refractivity contribution < 1.29 is 24.5 Å². The van der Waals surface area contributed by atoms with Gasteiger partial charge in [0.05, 0.1) is 10.0 Å². The normalized spacial score (nSPS) is 12.7. The molecule has 3 rings (SSSR count). The van der Waals surface area contributed by atoms with Gasteiger partial charge in [-0.15, -0.1) is 0 Å². The summed E-state index contributed by atoms with van der Waals surface area (Å²) in [6, 6.07) is 2.55. The van der Waals surface area contributed by atoms with E-state index in [1.54, 1.807) is 0 Å². The lowest BCUT2D eigenvalue weighted by Crippen LogP contribution is -2.11. The van der Waals surface area contributed by atoms with Gasteiger partial charge >= 0.3 is 5.97 Å². The minimum absolute atomic E-state index is 0.0783. The van der Waals surface area contributed by atoms with E-state index in [0.717, 1.165) is 6.42 Å². The molecule has 26 heavy (non-hydrogen) atoms. The van der Waals surface area contributed by atoms with E-state index in [-0.39, 0.29) is 44.4 Å². The molecule has 138 valence electrons. The quantitative estimate of drug-likeness (QED) is 0.516. The predicted octanol–water partition coefficient (Wildman–Crippen LogP) is 5.63. The van der Waals surface area contributed by atoms with E-state index in [1.165, 1.54) is 12.1 Å². The van der Waals surface area contributed by atoms with Gasteiger partial charge in [0, 0.05) is 17.7 Å². The fourth-order valence-electron chi connectivity index (χ4n) is 3.04. The number of phenols is 2. The Hall–Kier alpha value is -2.11. The average molecular weight is 397 g/mol. The van der Waals surface area contributed by atoms with Crippen LogP contribution in [0.15, 0.2) is 12.1 Å². The second kappa shape index (κ2) is 7.25. The number of fused-ring (bicyclic) bond motifs is 2. The molecule has 1 aliphatic heterocycles. The van der Waals surface area contributed by atoms with Crippen molar-refractivity contribution in [2.45, 2.75) is 39.5 Å². The van der Waals surface area contributed by atoms with Crippen LogP contribution in [0.25, 0.3) is 0 Å². The van der Waals surface area contributed by atoms with Gasteiger partial charge in [-0.05, 0) is 18.4 Å². The minimum Gasteiger partial charge on any atom is -0.506 e. The maximum Gasteiger partial charge on any atom is 0.347 e. The lowest BCUT2D eigenvalue weighted by molar-refractivity contribution is 0.0736. The first-order chi connectivity index (χ1) is 12.4. The predicted molar refractivity (Wildman–Crippen MR) is 99.3 cm³/mol. The maximum absolute atomic E-state index is 12.7. The summed E-state index contributed by atoms with van der Waals surface area (Å²) >= 11 is 12.4. The molecule has 0 fully saturated rings. The summed E-state index contributed by atoms with van der Waals surface area (Å²) < 4.78 is 11.4. The molecule has 0 aromatic heterocycles. The van der Waals surface area contributed by atoms with Gasteiger partial charge in [-0.3, -0.25) is 0 Å². The Morgan fingerprint density at radius 3 is 2.04 bits per heavy atom. The molecule has 0 bridgehead atoms. The lowest BCUT2D eigenvalue weighted by atomic mass is 10.0. The molecule has 1 heterocycles. The average Bonchev–Trinajstić information content (AvgIpc) is 2.72. The number of phenolic OH excluding ortho intramolecular Hbond substituents is 2. The fraction of sp³-hybridized carbons (Fsp3) is 0.316. The largest absolute Gasteiger partial charge is 0.506 e. The Bertz CT molecular complexity index is 892. The van der Waals surface area contributed by atoms with Gasteiger partial charge < -0.3 is 19.7 Å². The number of hydrogen-bond acceptors (Lipinski definition) is 5. The Kier molecular flexibility index (Phi) is 5.21. The third-order valence-electron chi connectivity index (χ3n) is 4.18. The van der Waals surface area contributed by atoms with Crippen LogP contribution in [-0.4, -0.2) is 16.2 Å². The van der Waals surface area contributed by atoms with Crippen molar-refractivity contribution in [3.8, 4) is 28.7 Å². The minimum atomic E-state index is -0.659. The zero-order valence-corrected chi connectivity index (χ0v) is 15.9. The Morgan fingerprint density at radius 2 is 1.42 bits per heavy atom. The van der Waals surface area contributed by atoms with Crippen LogP contribution in [0.5, 0.6) is 28.7 Å². The van der Waals surface area contributed by atoms with E-state index in [9.17, 15) is 15.0 Å². The first-order valence-corrected chi connectivity index (χ1v) is 9.13. The molecular weight excluding hydrogens is 379 g/mol. The van der Waals surface area contributed by atoms with E-state index in [2.05, 4.69) is 0 Å². The van der Waals surface area contributed by atoms with Gasteiger partial charge in [0.1, 0.15) is 22.8 Å². The van der Waals surface area contributed by atoms with Crippen LogP contribution >= 0.6 is 23.2 Å². The van der Waals surface area contributed by atoms with Gasteiger partial charge in [0.15, 0.2) is 11.5 Å². The van der Waals surface area contributed by atoms with Crippen molar-refractivity contribution >= 4 is 29.2 Å². The molecule has 2 N–H and O–H groups in total. The van der Waals surface area contributed by atoms with Crippen molar-refractivity contribution in [1.82, 2.24) is 0 Å². The molecule has 0 radical (unpaired) electrons. The molecule has 5 nitrogen and oxygen atoms in total.